The van der Waals surface area contributed by atoms with Gasteiger partial charge in [0.25, 0.3) is 5.91 Å². The topological polar surface area (TPSA) is 38.3 Å². The van der Waals surface area contributed by atoms with Crippen molar-refractivity contribution in [2.45, 2.75) is 6.54 Å². The molecule has 0 aliphatic heterocycles. The highest BCUT2D eigenvalue weighted by atomic mass is 32.1. The van der Waals surface area contributed by atoms with Gasteiger partial charge in [-0.15, -0.1) is 11.3 Å². The molecule has 0 atom stereocenters. The third-order valence-corrected chi connectivity index (χ3v) is 4.35. The van der Waals surface area contributed by atoms with Gasteiger partial charge in [-0.2, -0.15) is 0 Å². The molecule has 0 saturated heterocycles. The first-order valence-electron chi connectivity index (χ1n) is 6.66. The fraction of sp³-hybridized carbons (Fsp3) is 0.118. The van der Waals surface area contributed by atoms with Crippen molar-refractivity contribution in [3.05, 3.63) is 65.0 Å². The number of amides is 1. The van der Waals surface area contributed by atoms with Gasteiger partial charge in [0.05, 0.1) is 12.0 Å². The first-order valence-corrected chi connectivity index (χ1v) is 7.47. The summed E-state index contributed by atoms with van der Waals surface area (Å²) < 4.78 is 6.30. The Morgan fingerprint density at radius 2 is 2.00 bits per heavy atom. The number of thiophene rings is 1. The van der Waals surface area contributed by atoms with E-state index in [0.717, 1.165) is 26.3 Å². The smallest absolute Gasteiger partial charge is 0.261 e. The van der Waals surface area contributed by atoms with Crippen LogP contribution in [-0.4, -0.2) is 13.0 Å². The van der Waals surface area contributed by atoms with Gasteiger partial charge in [0.1, 0.15) is 5.75 Å². The molecule has 1 N–H and O–H groups in total. The fourth-order valence-electron chi connectivity index (χ4n) is 2.15. The molecule has 21 heavy (non-hydrogen) atoms. The molecule has 3 rings (SSSR count). The molecule has 0 aliphatic rings. The van der Waals surface area contributed by atoms with E-state index in [1.165, 1.54) is 11.3 Å². The van der Waals surface area contributed by atoms with Gasteiger partial charge in [-0.3, -0.25) is 4.79 Å². The second-order valence-electron chi connectivity index (χ2n) is 4.68. The maximum Gasteiger partial charge on any atom is 0.261 e. The lowest BCUT2D eigenvalue weighted by molar-refractivity contribution is 0.0955. The third kappa shape index (κ3) is 3.06. The monoisotopic (exact) mass is 297 g/mol. The van der Waals surface area contributed by atoms with Gasteiger partial charge < -0.3 is 10.1 Å². The molecule has 0 unspecified atom stereocenters. The number of benzene rings is 2. The van der Waals surface area contributed by atoms with Gasteiger partial charge in [0.2, 0.25) is 0 Å². The Bertz CT molecular complexity index is 746. The normalized spacial score (nSPS) is 10.5. The van der Waals surface area contributed by atoms with E-state index in [2.05, 4.69) is 5.32 Å². The Labute approximate surface area is 127 Å². The first-order chi connectivity index (χ1) is 10.3. The van der Waals surface area contributed by atoms with Gasteiger partial charge in [-0.25, -0.2) is 0 Å². The first kappa shape index (κ1) is 13.6. The van der Waals surface area contributed by atoms with E-state index >= 15 is 0 Å². The summed E-state index contributed by atoms with van der Waals surface area (Å²) in [5, 5.41) is 4.05. The minimum Gasteiger partial charge on any atom is -0.497 e. The molecule has 0 radical (unpaired) electrons. The maximum atomic E-state index is 12.2. The fourth-order valence-corrected chi connectivity index (χ4v) is 3.12. The molecular weight excluding hydrogens is 282 g/mol. The van der Waals surface area contributed by atoms with Crippen LogP contribution in [0.2, 0.25) is 0 Å². The molecule has 1 amide bonds. The van der Waals surface area contributed by atoms with Crippen LogP contribution in [0.5, 0.6) is 5.75 Å². The summed E-state index contributed by atoms with van der Waals surface area (Å²) in [5.74, 6) is 0.752. The highest BCUT2D eigenvalue weighted by molar-refractivity contribution is 7.20. The van der Waals surface area contributed by atoms with E-state index in [0.29, 0.717) is 6.54 Å². The van der Waals surface area contributed by atoms with Crippen LogP contribution in [0.4, 0.5) is 0 Å². The molecule has 3 nitrogen and oxygen atoms in total. The summed E-state index contributed by atoms with van der Waals surface area (Å²) in [6, 6.07) is 17.6. The zero-order valence-electron chi connectivity index (χ0n) is 11.6. The van der Waals surface area contributed by atoms with Gasteiger partial charge in [-0.05, 0) is 35.2 Å². The Hall–Kier alpha value is -2.33. The van der Waals surface area contributed by atoms with Crippen LogP contribution < -0.4 is 10.1 Å². The number of nitrogens with one attached hydrogen (secondary N) is 1. The third-order valence-electron chi connectivity index (χ3n) is 3.24. The van der Waals surface area contributed by atoms with Crippen molar-refractivity contribution in [1.82, 2.24) is 5.32 Å². The molecule has 1 aromatic heterocycles. The molecule has 0 saturated carbocycles. The minimum absolute atomic E-state index is 0.0426. The largest absolute Gasteiger partial charge is 0.497 e. The molecule has 2 aromatic carbocycles. The number of hydrogen-bond donors (Lipinski definition) is 1. The van der Waals surface area contributed by atoms with Crippen molar-refractivity contribution in [3.8, 4) is 5.75 Å². The summed E-state index contributed by atoms with van der Waals surface area (Å²) in [6.45, 7) is 0.490. The number of rotatable bonds is 4. The lowest BCUT2D eigenvalue weighted by atomic mass is 10.2. The van der Waals surface area contributed by atoms with Crippen LogP contribution in [0.3, 0.4) is 0 Å². The van der Waals surface area contributed by atoms with E-state index in [4.69, 9.17) is 4.74 Å². The maximum absolute atomic E-state index is 12.2. The summed E-state index contributed by atoms with van der Waals surface area (Å²) in [5.41, 5.74) is 1.02. The van der Waals surface area contributed by atoms with Crippen molar-refractivity contribution >= 4 is 27.3 Å². The molecule has 1 heterocycles. The van der Waals surface area contributed by atoms with Crippen molar-refractivity contribution < 1.29 is 9.53 Å². The van der Waals surface area contributed by atoms with Crippen LogP contribution in [0, 0.1) is 0 Å². The summed E-state index contributed by atoms with van der Waals surface area (Å²) in [4.78, 5) is 12.9. The molecule has 4 heteroatoms. The molecule has 106 valence electrons. The Morgan fingerprint density at radius 1 is 1.14 bits per heavy atom. The average molecular weight is 297 g/mol. The molecule has 0 bridgehead atoms. The van der Waals surface area contributed by atoms with Gasteiger partial charge in [0, 0.05) is 11.2 Å². The number of fused-ring (bicyclic) bond motifs is 1. The van der Waals surface area contributed by atoms with Crippen LogP contribution in [-0.2, 0) is 6.54 Å². The zero-order valence-corrected chi connectivity index (χ0v) is 12.4. The van der Waals surface area contributed by atoms with Crippen molar-refractivity contribution in [2.24, 2.45) is 0 Å². The zero-order chi connectivity index (χ0) is 14.7. The van der Waals surface area contributed by atoms with Crippen LogP contribution in [0.15, 0.2) is 54.6 Å². The number of hydrogen-bond acceptors (Lipinski definition) is 3. The second-order valence-corrected chi connectivity index (χ2v) is 5.77. The van der Waals surface area contributed by atoms with Crippen LogP contribution >= 0.6 is 11.3 Å². The highest BCUT2D eigenvalue weighted by Crippen LogP contribution is 2.25. The van der Waals surface area contributed by atoms with Gasteiger partial charge in [0.15, 0.2) is 0 Å². The van der Waals surface area contributed by atoms with Crippen molar-refractivity contribution in [1.29, 1.82) is 0 Å². The van der Waals surface area contributed by atoms with Crippen molar-refractivity contribution in [3.63, 3.8) is 0 Å². The quantitative estimate of drug-likeness (QED) is 0.794. The summed E-state index contributed by atoms with van der Waals surface area (Å²) in [6.07, 6.45) is 0. The highest BCUT2D eigenvalue weighted by Gasteiger charge is 2.09. The van der Waals surface area contributed by atoms with Crippen LogP contribution in [0.25, 0.3) is 10.1 Å². The molecule has 0 fully saturated rings. The molecule has 0 spiro atoms. The molecular formula is C17H15NO2S. The van der Waals surface area contributed by atoms with E-state index in [1.807, 2.05) is 54.6 Å². The summed E-state index contributed by atoms with van der Waals surface area (Å²) >= 11 is 1.51. The minimum atomic E-state index is -0.0426. The molecule has 0 aliphatic carbocycles. The Kier molecular flexibility index (Phi) is 3.88. The van der Waals surface area contributed by atoms with E-state index in [9.17, 15) is 4.79 Å². The number of ether oxygens (including phenoxy) is 1. The van der Waals surface area contributed by atoms with E-state index in [1.54, 1.807) is 7.11 Å². The number of carbonyl (C=O) groups excluding carboxylic acids is 1. The second kappa shape index (κ2) is 5.97. The van der Waals surface area contributed by atoms with Crippen LogP contribution in [0.1, 0.15) is 15.2 Å². The number of methoxy groups -OCH3 is 1. The van der Waals surface area contributed by atoms with E-state index in [-0.39, 0.29) is 5.91 Å². The Morgan fingerprint density at radius 3 is 2.81 bits per heavy atom. The lowest BCUT2D eigenvalue weighted by Gasteiger charge is -2.05. The lowest BCUT2D eigenvalue weighted by Crippen LogP contribution is -2.21. The van der Waals surface area contributed by atoms with E-state index < -0.39 is 0 Å². The molecule has 3 aromatic rings. The van der Waals surface area contributed by atoms with Gasteiger partial charge >= 0.3 is 0 Å². The number of carbonyl (C=O) groups is 1. The van der Waals surface area contributed by atoms with Gasteiger partial charge in [-0.1, -0.05) is 30.3 Å². The average Bonchev–Trinajstić information content (AvgIpc) is 2.97. The van der Waals surface area contributed by atoms with Crippen molar-refractivity contribution in [2.75, 3.05) is 7.11 Å². The Balaban J connectivity index is 1.71. The summed E-state index contributed by atoms with van der Waals surface area (Å²) in [7, 11) is 1.63. The predicted octanol–water partition coefficient (Wildman–Crippen LogP) is 3.84. The SMILES string of the molecule is COc1cccc(CNC(=O)c2cc3ccccc3s2)c1. The predicted molar refractivity (Wildman–Crippen MR) is 86.0 cm³/mol. The standard InChI is InChI=1S/C17H15NO2S/c1-20-14-7-4-5-12(9-14)11-18-17(19)16-10-13-6-2-3-8-15(13)21-16/h2-10H,11H2,1H3,(H,18,19).